The van der Waals surface area contributed by atoms with Crippen molar-refractivity contribution >= 4 is 17.3 Å². The maximum absolute atomic E-state index is 12.3. The summed E-state index contributed by atoms with van der Waals surface area (Å²) >= 11 is 0. The van der Waals surface area contributed by atoms with Gasteiger partial charge in [-0.15, -0.1) is 10.2 Å². The van der Waals surface area contributed by atoms with Crippen LogP contribution in [0.25, 0.3) is 11.4 Å². The molecule has 0 aliphatic heterocycles. The molecule has 28 heavy (non-hydrogen) atoms. The molecule has 1 amide bonds. The zero-order valence-electron chi connectivity index (χ0n) is 15.0. The number of nitrogens with zero attached hydrogens (tertiary/aromatic N) is 5. The van der Waals surface area contributed by atoms with Gasteiger partial charge in [0.05, 0.1) is 24.8 Å². The van der Waals surface area contributed by atoms with Gasteiger partial charge in [0, 0.05) is 23.8 Å². The number of benzene rings is 2. The lowest BCUT2D eigenvalue weighted by Gasteiger charge is -2.11. The third-order valence-electron chi connectivity index (χ3n) is 3.75. The highest BCUT2D eigenvalue weighted by Crippen LogP contribution is 2.28. The number of hydrogen-bond donors (Lipinski definition) is 1. The number of nitrogens with one attached hydrogen (secondary N) is 1. The number of rotatable bonds is 7. The van der Waals surface area contributed by atoms with E-state index in [0.29, 0.717) is 22.7 Å². The number of methoxy groups -OCH3 is 2. The minimum Gasteiger partial charge on any atom is -0.497 e. The molecule has 1 aromatic heterocycles. The van der Waals surface area contributed by atoms with Crippen LogP contribution in [-0.2, 0) is 11.3 Å². The summed E-state index contributed by atoms with van der Waals surface area (Å²) in [5.74, 6) is 0.906. The van der Waals surface area contributed by atoms with E-state index in [2.05, 4.69) is 20.7 Å². The van der Waals surface area contributed by atoms with Crippen molar-refractivity contribution in [2.45, 2.75) is 6.54 Å². The fourth-order valence-electron chi connectivity index (χ4n) is 2.39. The van der Waals surface area contributed by atoms with Crippen LogP contribution in [-0.4, -0.2) is 45.3 Å². The number of nitro benzene ring substituents is 1. The molecule has 0 saturated heterocycles. The highest BCUT2D eigenvalue weighted by Gasteiger charge is 2.13. The Morgan fingerprint density at radius 3 is 2.57 bits per heavy atom. The molecule has 11 heteroatoms. The summed E-state index contributed by atoms with van der Waals surface area (Å²) in [4.78, 5) is 23.6. The van der Waals surface area contributed by atoms with E-state index in [-0.39, 0.29) is 24.0 Å². The second-order valence-corrected chi connectivity index (χ2v) is 5.56. The third kappa shape index (κ3) is 4.20. The van der Waals surface area contributed by atoms with Crippen LogP contribution in [0.4, 0.5) is 11.4 Å². The first-order chi connectivity index (χ1) is 13.5. The van der Waals surface area contributed by atoms with Crippen LogP contribution in [0.2, 0.25) is 0 Å². The lowest BCUT2D eigenvalue weighted by molar-refractivity contribution is -0.384. The topological polar surface area (TPSA) is 134 Å². The number of hydrogen-bond acceptors (Lipinski definition) is 8. The predicted octanol–water partition coefficient (Wildman–Crippen LogP) is 1.90. The van der Waals surface area contributed by atoms with E-state index in [1.807, 2.05) is 0 Å². The van der Waals surface area contributed by atoms with Crippen LogP contribution < -0.4 is 14.8 Å². The minimum absolute atomic E-state index is 0.0391. The summed E-state index contributed by atoms with van der Waals surface area (Å²) in [7, 11) is 3.01. The number of anilines is 1. The Morgan fingerprint density at radius 1 is 1.18 bits per heavy atom. The molecule has 0 radical (unpaired) electrons. The van der Waals surface area contributed by atoms with Crippen LogP contribution in [0.3, 0.4) is 0 Å². The van der Waals surface area contributed by atoms with Gasteiger partial charge in [0.2, 0.25) is 11.7 Å². The maximum Gasteiger partial charge on any atom is 0.269 e. The highest BCUT2D eigenvalue weighted by molar-refractivity contribution is 5.92. The first kappa shape index (κ1) is 18.8. The fourth-order valence-corrected chi connectivity index (χ4v) is 2.39. The standard InChI is InChI=1S/C17H16N6O5/c1-27-13-7-8-15(28-2)14(9-13)18-16(24)10-22-20-17(19-21-22)11-3-5-12(6-4-11)23(25)26/h3-9H,10H2,1-2H3,(H,18,24). The SMILES string of the molecule is COc1ccc(OC)c(NC(=O)Cn2nnc(-c3ccc([N+](=O)[O-])cc3)n2)c1. The molecule has 0 bridgehead atoms. The number of amides is 1. The van der Waals surface area contributed by atoms with Crippen LogP contribution in [0, 0.1) is 10.1 Å². The Labute approximate surface area is 159 Å². The Kier molecular flexibility index (Phi) is 5.44. The van der Waals surface area contributed by atoms with E-state index in [1.165, 1.54) is 38.5 Å². The second kappa shape index (κ2) is 8.12. The summed E-state index contributed by atoms with van der Waals surface area (Å²) in [5.41, 5.74) is 0.956. The summed E-state index contributed by atoms with van der Waals surface area (Å²) in [6.45, 7) is -0.180. The fraction of sp³-hybridized carbons (Fsp3) is 0.176. The third-order valence-corrected chi connectivity index (χ3v) is 3.75. The van der Waals surface area contributed by atoms with Crippen molar-refractivity contribution in [1.82, 2.24) is 20.2 Å². The van der Waals surface area contributed by atoms with Gasteiger partial charge >= 0.3 is 0 Å². The Balaban J connectivity index is 1.70. The van der Waals surface area contributed by atoms with Crippen LogP contribution in [0.5, 0.6) is 11.5 Å². The average Bonchev–Trinajstić information content (AvgIpc) is 3.16. The van der Waals surface area contributed by atoms with Gasteiger partial charge in [-0.2, -0.15) is 4.80 Å². The van der Waals surface area contributed by atoms with Crippen LogP contribution in [0.1, 0.15) is 0 Å². The summed E-state index contributed by atoms with van der Waals surface area (Å²) < 4.78 is 10.4. The zero-order valence-corrected chi connectivity index (χ0v) is 15.0. The maximum atomic E-state index is 12.3. The molecule has 1 heterocycles. The number of carbonyl (C=O) groups is 1. The predicted molar refractivity (Wildman–Crippen MR) is 98.1 cm³/mol. The van der Waals surface area contributed by atoms with Crippen molar-refractivity contribution in [2.24, 2.45) is 0 Å². The number of ether oxygens (including phenoxy) is 2. The van der Waals surface area contributed by atoms with Gasteiger partial charge < -0.3 is 14.8 Å². The molecule has 0 unspecified atom stereocenters. The van der Waals surface area contributed by atoms with Gasteiger partial charge in [-0.1, -0.05) is 0 Å². The van der Waals surface area contributed by atoms with Crippen molar-refractivity contribution in [3.05, 3.63) is 52.6 Å². The molecule has 0 aliphatic rings. The minimum atomic E-state index is -0.495. The van der Waals surface area contributed by atoms with E-state index in [1.54, 1.807) is 18.2 Å². The van der Waals surface area contributed by atoms with Crippen molar-refractivity contribution < 1.29 is 19.2 Å². The summed E-state index contributed by atoms with van der Waals surface area (Å²) in [6, 6.07) is 10.7. The van der Waals surface area contributed by atoms with Crippen LogP contribution >= 0.6 is 0 Å². The molecule has 0 saturated carbocycles. The first-order valence-corrected chi connectivity index (χ1v) is 8.04. The molecule has 11 nitrogen and oxygen atoms in total. The Morgan fingerprint density at radius 2 is 1.93 bits per heavy atom. The molecule has 0 aliphatic carbocycles. The van der Waals surface area contributed by atoms with E-state index >= 15 is 0 Å². The highest BCUT2D eigenvalue weighted by atomic mass is 16.6. The van der Waals surface area contributed by atoms with E-state index in [0.717, 1.165) is 4.80 Å². The van der Waals surface area contributed by atoms with Crippen molar-refractivity contribution in [2.75, 3.05) is 19.5 Å². The molecule has 0 atom stereocenters. The van der Waals surface area contributed by atoms with E-state index in [9.17, 15) is 14.9 Å². The largest absolute Gasteiger partial charge is 0.497 e. The van der Waals surface area contributed by atoms with Crippen molar-refractivity contribution in [1.29, 1.82) is 0 Å². The zero-order chi connectivity index (χ0) is 20.1. The molecular weight excluding hydrogens is 368 g/mol. The quantitative estimate of drug-likeness (QED) is 0.482. The molecule has 3 aromatic rings. The van der Waals surface area contributed by atoms with Gasteiger partial charge in [0.1, 0.15) is 18.0 Å². The number of nitro groups is 1. The Bertz CT molecular complexity index is 1000. The smallest absolute Gasteiger partial charge is 0.269 e. The number of tetrazole rings is 1. The van der Waals surface area contributed by atoms with Gasteiger partial charge in [-0.25, -0.2) is 0 Å². The molecule has 144 valence electrons. The first-order valence-electron chi connectivity index (χ1n) is 8.04. The van der Waals surface area contributed by atoms with Gasteiger partial charge in [-0.3, -0.25) is 14.9 Å². The number of carbonyl (C=O) groups excluding carboxylic acids is 1. The van der Waals surface area contributed by atoms with Gasteiger partial charge in [0.15, 0.2) is 0 Å². The summed E-state index contributed by atoms with van der Waals surface area (Å²) in [6.07, 6.45) is 0. The molecule has 1 N–H and O–H groups in total. The summed E-state index contributed by atoms with van der Waals surface area (Å²) in [5, 5.41) is 25.2. The van der Waals surface area contributed by atoms with Crippen molar-refractivity contribution in [3.8, 4) is 22.9 Å². The number of aromatic nitrogens is 4. The molecule has 2 aromatic carbocycles. The lowest BCUT2D eigenvalue weighted by Crippen LogP contribution is -2.20. The van der Waals surface area contributed by atoms with Gasteiger partial charge in [-0.05, 0) is 29.5 Å². The molecular formula is C17H16N6O5. The Hall–Kier alpha value is -4.02. The molecule has 0 spiro atoms. The average molecular weight is 384 g/mol. The van der Waals surface area contributed by atoms with E-state index < -0.39 is 4.92 Å². The van der Waals surface area contributed by atoms with Crippen LogP contribution in [0.15, 0.2) is 42.5 Å². The van der Waals surface area contributed by atoms with E-state index in [4.69, 9.17) is 9.47 Å². The normalized spacial score (nSPS) is 10.4. The molecule has 0 fully saturated rings. The molecule has 3 rings (SSSR count). The van der Waals surface area contributed by atoms with Crippen molar-refractivity contribution in [3.63, 3.8) is 0 Å². The second-order valence-electron chi connectivity index (χ2n) is 5.56. The lowest BCUT2D eigenvalue weighted by atomic mass is 10.2. The van der Waals surface area contributed by atoms with Gasteiger partial charge in [0.25, 0.3) is 5.69 Å². The monoisotopic (exact) mass is 384 g/mol. The number of non-ortho nitro benzene ring substituents is 1.